The molecular formula is C25H18Cl5F6N3O3. The average Bonchev–Trinajstić information content (AvgIpc) is 3.46. The van der Waals surface area contributed by atoms with Crippen molar-refractivity contribution in [1.82, 2.24) is 0 Å². The van der Waals surface area contributed by atoms with Crippen LogP contribution in [-0.4, -0.2) is 28.2 Å². The van der Waals surface area contributed by atoms with Gasteiger partial charge in [0, 0.05) is 25.9 Å². The maximum absolute atomic E-state index is 14.7. The molecule has 0 bridgehead atoms. The Kier molecular flexibility index (Phi) is 8.88. The van der Waals surface area contributed by atoms with Crippen LogP contribution in [0, 0.1) is 23.4 Å². The van der Waals surface area contributed by atoms with Gasteiger partial charge in [-0.1, -0.05) is 34.8 Å². The zero-order valence-corrected chi connectivity index (χ0v) is 23.9. The van der Waals surface area contributed by atoms with Crippen LogP contribution in [0.5, 0.6) is 0 Å². The lowest BCUT2D eigenvalue weighted by molar-refractivity contribution is -0.167. The molecule has 0 spiro atoms. The lowest BCUT2D eigenvalue weighted by Crippen LogP contribution is -2.30. The summed E-state index contributed by atoms with van der Waals surface area (Å²) in [6.07, 6.45) is -5.39. The number of rotatable bonds is 6. The minimum Gasteiger partial charge on any atom is -0.326 e. The molecule has 0 aliphatic heterocycles. The molecule has 1 saturated carbocycles. The van der Waals surface area contributed by atoms with Gasteiger partial charge in [0.05, 0.1) is 22.2 Å². The van der Waals surface area contributed by atoms with Gasteiger partial charge in [-0.05, 0) is 48.0 Å². The number of anilines is 3. The Labute approximate surface area is 261 Å². The quantitative estimate of drug-likeness (QED) is 0.177. The Morgan fingerprint density at radius 3 is 2.05 bits per heavy atom. The van der Waals surface area contributed by atoms with E-state index in [1.165, 1.54) is 23.5 Å². The van der Waals surface area contributed by atoms with E-state index in [1.807, 2.05) is 0 Å². The van der Waals surface area contributed by atoms with Gasteiger partial charge in [0.1, 0.15) is 21.7 Å². The van der Waals surface area contributed by atoms with Crippen LogP contribution in [0.1, 0.15) is 26.1 Å². The van der Waals surface area contributed by atoms with Gasteiger partial charge in [-0.25, -0.2) is 13.2 Å². The number of nitrogens with one attached hydrogen (secondary N) is 3. The van der Waals surface area contributed by atoms with E-state index in [2.05, 4.69) is 5.32 Å². The fraction of sp³-hybridized carbons (Fsp3) is 0.160. The van der Waals surface area contributed by atoms with Crippen LogP contribution in [0.2, 0.25) is 15.1 Å². The normalized spacial score (nSPS) is 17.4. The summed E-state index contributed by atoms with van der Waals surface area (Å²) in [7, 11) is 0. The largest absolute Gasteiger partial charge is 0.471 e. The van der Waals surface area contributed by atoms with Crippen molar-refractivity contribution >= 4 is 92.8 Å². The van der Waals surface area contributed by atoms with Crippen molar-refractivity contribution in [3.63, 3.8) is 0 Å². The molecule has 1 aliphatic carbocycles. The molecule has 1 aliphatic rings. The zero-order valence-electron chi connectivity index (χ0n) is 20.1. The molecule has 17 heteroatoms. The topological polar surface area (TPSA) is 87.3 Å². The maximum atomic E-state index is 14.7. The molecule has 2 atom stereocenters. The predicted molar refractivity (Wildman–Crippen MR) is 153 cm³/mol. The molecule has 3 aromatic rings. The second-order valence-corrected chi connectivity index (χ2v) is 11.5. The highest BCUT2D eigenvalue weighted by molar-refractivity contribution is 6.53. The zero-order chi connectivity index (χ0) is 31.3. The van der Waals surface area contributed by atoms with Crippen LogP contribution in [0.25, 0.3) is 0 Å². The average molecular weight is 700 g/mol. The minimum atomic E-state index is -5.39. The summed E-state index contributed by atoms with van der Waals surface area (Å²) in [6.45, 7) is 0. The highest BCUT2D eigenvalue weighted by Crippen LogP contribution is 2.65. The van der Waals surface area contributed by atoms with Crippen LogP contribution in [-0.2, 0) is 9.59 Å². The summed E-state index contributed by atoms with van der Waals surface area (Å²) in [5, 5.41) is 4.94. The number of hydrogen-bond donors (Lipinski definition) is 3. The first-order chi connectivity index (χ1) is 19.4. The van der Waals surface area contributed by atoms with Crippen LogP contribution in [0.4, 0.5) is 43.4 Å². The summed E-state index contributed by atoms with van der Waals surface area (Å²) in [5.41, 5.74) is -3.01. The van der Waals surface area contributed by atoms with Crippen molar-refractivity contribution in [2.45, 2.75) is 16.4 Å². The Balaban J connectivity index is 0.00000337. The summed E-state index contributed by atoms with van der Waals surface area (Å²) >= 11 is 30.5. The van der Waals surface area contributed by atoms with Crippen molar-refractivity contribution in [3.8, 4) is 0 Å². The van der Waals surface area contributed by atoms with Crippen LogP contribution < -0.4 is 16.0 Å². The second kappa shape index (κ2) is 11.6. The molecule has 3 aromatic carbocycles. The van der Waals surface area contributed by atoms with Gasteiger partial charge in [-0.2, -0.15) is 13.2 Å². The summed E-state index contributed by atoms with van der Waals surface area (Å²) in [4.78, 5) is 37.0. The van der Waals surface area contributed by atoms with Gasteiger partial charge < -0.3 is 16.0 Å². The Hall–Kier alpha value is -2.90. The van der Waals surface area contributed by atoms with Crippen LogP contribution in [0.3, 0.4) is 0 Å². The maximum Gasteiger partial charge on any atom is 0.471 e. The fourth-order valence-corrected chi connectivity index (χ4v) is 5.57. The van der Waals surface area contributed by atoms with E-state index in [1.54, 1.807) is 5.32 Å². The fourth-order valence-electron chi connectivity index (χ4n) is 4.01. The molecule has 0 unspecified atom stereocenters. The first-order valence-corrected chi connectivity index (χ1v) is 13.1. The SMILES string of the molecule is O=C(Nc1c(F)ccc(NC(=O)C(F)(F)F)c1F)c1cc(NC(=O)[C@H]2[C@H](c3cc(Cl)cc(Cl)c3)C2(Cl)Cl)cc(F)c1Cl.[HH].[HH].[HH]. The van der Waals surface area contributed by atoms with E-state index in [0.717, 1.165) is 12.1 Å². The lowest BCUT2D eigenvalue weighted by Gasteiger charge is -2.14. The van der Waals surface area contributed by atoms with E-state index < -0.39 is 79.5 Å². The van der Waals surface area contributed by atoms with Gasteiger partial charge >= 0.3 is 12.1 Å². The van der Waals surface area contributed by atoms with Crippen molar-refractivity contribution in [2.75, 3.05) is 16.0 Å². The van der Waals surface area contributed by atoms with Gasteiger partial charge in [0.25, 0.3) is 5.91 Å². The van der Waals surface area contributed by atoms with E-state index >= 15 is 0 Å². The van der Waals surface area contributed by atoms with E-state index in [4.69, 9.17) is 58.0 Å². The summed E-state index contributed by atoms with van der Waals surface area (Å²) in [6, 6.07) is 7.00. The van der Waals surface area contributed by atoms with Gasteiger partial charge in [0.2, 0.25) is 5.91 Å². The molecule has 6 nitrogen and oxygen atoms in total. The third kappa shape index (κ3) is 6.52. The lowest BCUT2D eigenvalue weighted by atomic mass is 10.1. The third-order valence-corrected chi connectivity index (χ3v) is 7.72. The summed E-state index contributed by atoms with van der Waals surface area (Å²) < 4.78 is 79.7. The first-order valence-electron chi connectivity index (χ1n) is 11.2. The predicted octanol–water partition coefficient (Wildman–Crippen LogP) is 9.08. The third-order valence-electron chi connectivity index (χ3n) is 5.96. The monoisotopic (exact) mass is 697 g/mol. The molecule has 0 heterocycles. The minimum absolute atomic E-state index is 0. The number of amides is 3. The van der Waals surface area contributed by atoms with Gasteiger partial charge in [0.15, 0.2) is 5.82 Å². The molecule has 3 N–H and O–H groups in total. The van der Waals surface area contributed by atoms with Crippen molar-refractivity contribution in [1.29, 1.82) is 0 Å². The number of halogens is 11. The van der Waals surface area contributed by atoms with Crippen molar-refractivity contribution < 1.29 is 45.0 Å². The number of hydrogen-bond acceptors (Lipinski definition) is 3. The Bertz CT molecular complexity index is 1630. The summed E-state index contributed by atoms with van der Waals surface area (Å²) in [5.74, 6) is -11.1. The highest BCUT2D eigenvalue weighted by atomic mass is 35.5. The number of carbonyl (C=O) groups excluding carboxylic acids is 3. The standard InChI is InChI=1S/C25H12Cl5F6N3O3.3H2/c26-9-3-8(4-10(27)5-9)16-17(24(16,29)30)22(41)37-11-6-12(18(28)14(32)7-11)21(40)39-20-13(31)1-2-15(19(20)33)38-23(42)25(34,35)36;;;/h1-7,16-17H,(H,37,41)(H,38,42)(H,39,40);3*1H/t16-,17+;;;/m0.../s1. The van der Waals surface area contributed by atoms with E-state index in [9.17, 15) is 40.7 Å². The number of alkyl halides is 5. The second-order valence-electron chi connectivity index (χ2n) is 8.83. The van der Waals surface area contributed by atoms with E-state index in [-0.39, 0.29) is 20.0 Å². The Morgan fingerprint density at radius 1 is 0.833 bits per heavy atom. The molecule has 42 heavy (non-hydrogen) atoms. The molecule has 3 amide bonds. The van der Waals surface area contributed by atoms with Crippen molar-refractivity contribution in [3.05, 3.63) is 86.1 Å². The van der Waals surface area contributed by atoms with E-state index in [0.29, 0.717) is 17.7 Å². The number of carbonyl (C=O) groups is 3. The van der Waals surface area contributed by atoms with Gasteiger partial charge in [-0.15, -0.1) is 23.2 Å². The van der Waals surface area contributed by atoms with Gasteiger partial charge in [-0.3, -0.25) is 14.4 Å². The Morgan fingerprint density at radius 2 is 1.45 bits per heavy atom. The molecule has 0 radical (unpaired) electrons. The smallest absolute Gasteiger partial charge is 0.326 e. The highest BCUT2D eigenvalue weighted by Gasteiger charge is 2.67. The molecular weight excluding hydrogens is 682 g/mol. The number of benzene rings is 3. The van der Waals surface area contributed by atoms with Crippen LogP contribution in [0.15, 0.2) is 42.5 Å². The van der Waals surface area contributed by atoms with Crippen molar-refractivity contribution in [2.24, 2.45) is 5.92 Å². The molecule has 228 valence electrons. The van der Waals surface area contributed by atoms with Crippen LogP contribution >= 0.6 is 58.0 Å². The molecule has 4 rings (SSSR count). The molecule has 1 fully saturated rings. The first kappa shape index (κ1) is 32.0. The molecule has 0 saturated heterocycles. The molecule has 0 aromatic heterocycles.